The number of rotatable bonds is 4. The van der Waals surface area contributed by atoms with Crippen LogP contribution in [0.25, 0.3) is 0 Å². The van der Waals surface area contributed by atoms with Crippen LogP contribution in [0.15, 0.2) is 40.9 Å². The van der Waals surface area contributed by atoms with Crippen LogP contribution >= 0.6 is 27.5 Å². The monoisotopic (exact) mass is 353 g/mol. The molecule has 0 heterocycles. The van der Waals surface area contributed by atoms with Crippen LogP contribution < -0.4 is 10.1 Å². The van der Waals surface area contributed by atoms with Gasteiger partial charge < -0.3 is 10.1 Å². The molecule has 0 bridgehead atoms. The number of hydrogen-bond acceptors (Lipinski definition) is 2. The zero-order chi connectivity index (χ0) is 14.7. The molecule has 0 saturated carbocycles. The highest BCUT2D eigenvalue weighted by Crippen LogP contribution is 2.33. The first-order chi connectivity index (χ1) is 9.56. The highest BCUT2D eigenvalue weighted by molar-refractivity contribution is 9.10. The maximum Gasteiger partial charge on any atom is 0.137 e. The molecule has 0 aliphatic heterocycles. The lowest BCUT2D eigenvalue weighted by Crippen LogP contribution is -2.18. The first-order valence-corrected chi connectivity index (χ1v) is 7.50. The summed E-state index contributed by atoms with van der Waals surface area (Å²) in [5.41, 5.74) is 3.52. The summed E-state index contributed by atoms with van der Waals surface area (Å²) < 4.78 is 6.38. The number of halogens is 2. The van der Waals surface area contributed by atoms with E-state index in [-0.39, 0.29) is 6.04 Å². The Labute approximate surface area is 133 Å². The van der Waals surface area contributed by atoms with Crippen molar-refractivity contribution in [2.45, 2.75) is 13.0 Å². The molecule has 20 heavy (non-hydrogen) atoms. The zero-order valence-corrected chi connectivity index (χ0v) is 14.0. The van der Waals surface area contributed by atoms with E-state index in [0.717, 1.165) is 10.0 Å². The molecule has 2 rings (SSSR count). The van der Waals surface area contributed by atoms with E-state index in [2.05, 4.69) is 46.4 Å². The van der Waals surface area contributed by atoms with Crippen molar-refractivity contribution >= 4 is 27.5 Å². The fraction of sp³-hybridized carbons (Fsp3) is 0.250. The van der Waals surface area contributed by atoms with Gasteiger partial charge in [0, 0.05) is 4.47 Å². The minimum absolute atomic E-state index is 0.0798. The number of methoxy groups -OCH3 is 1. The Bertz CT molecular complexity index is 615. The molecule has 0 aliphatic carbocycles. The second-order valence-corrected chi connectivity index (χ2v) is 5.90. The van der Waals surface area contributed by atoms with Crippen molar-refractivity contribution in [3.63, 3.8) is 0 Å². The molecule has 0 aliphatic rings. The van der Waals surface area contributed by atoms with Gasteiger partial charge in [0.2, 0.25) is 0 Å². The van der Waals surface area contributed by atoms with Gasteiger partial charge in [0.15, 0.2) is 0 Å². The van der Waals surface area contributed by atoms with Crippen LogP contribution in [0.3, 0.4) is 0 Å². The maximum atomic E-state index is 6.09. The van der Waals surface area contributed by atoms with Gasteiger partial charge in [-0.3, -0.25) is 0 Å². The third kappa shape index (κ3) is 3.17. The Morgan fingerprint density at radius 3 is 2.55 bits per heavy atom. The largest absolute Gasteiger partial charge is 0.495 e. The van der Waals surface area contributed by atoms with E-state index in [1.54, 1.807) is 7.11 Å². The molecule has 1 N–H and O–H groups in total. The van der Waals surface area contributed by atoms with Crippen molar-refractivity contribution in [1.82, 2.24) is 5.32 Å². The Balaban J connectivity index is 2.46. The van der Waals surface area contributed by atoms with Crippen molar-refractivity contribution < 1.29 is 4.74 Å². The number of aryl methyl sites for hydroxylation is 1. The van der Waals surface area contributed by atoms with Crippen molar-refractivity contribution in [3.05, 3.63) is 62.6 Å². The van der Waals surface area contributed by atoms with Crippen LogP contribution in [0, 0.1) is 6.92 Å². The van der Waals surface area contributed by atoms with Gasteiger partial charge in [-0.25, -0.2) is 0 Å². The van der Waals surface area contributed by atoms with Crippen molar-refractivity contribution in [3.8, 4) is 5.75 Å². The summed E-state index contributed by atoms with van der Waals surface area (Å²) in [7, 11) is 3.57. The molecule has 2 aromatic carbocycles. The van der Waals surface area contributed by atoms with Crippen LogP contribution in [0.5, 0.6) is 5.75 Å². The summed E-state index contributed by atoms with van der Waals surface area (Å²) in [6.45, 7) is 2.08. The number of benzene rings is 2. The molecular weight excluding hydrogens is 338 g/mol. The highest BCUT2D eigenvalue weighted by Gasteiger charge is 2.16. The summed E-state index contributed by atoms with van der Waals surface area (Å²) in [6, 6.07) is 12.3. The molecule has 0 fully saturated rings. The van der Waals surface area contributed by atoms with E-state index < -0.39 is 0 Å². The summed E-state index contributed by atoms with van der Waals surface area (Å²) >= 11 is 9.73. The predicted molar refractivity (Wildman–Crippen MR) is 87.8 cm³/mol. The quantitative estimate of drug-likeness (QED) is 0.857. The Kier molecular flexibility index (Phi) is 5.08. The topological polar surface area (TPSA) is 21.3 Å². The standard InChI is InChI=1S/C16H17BrClNO/c1-10-4-6-12(13(17)8-10)16(19-2)11-5-7-14(18)15(9-11)20-3/h4-9,16,19H,1-3H3. The van der Waals surface area contributed by atoms with Crippen LogP contribution in [-0.4, -0.2) is 14.2 Å². The molecule has 1 unspecified atom stereocenters. The zero-order valence-electron chi connectivity index (χ0n) is 11.7. The summed E-state index contributed by atoms with van der Waals surface area (Å²) in [5, 5.41) is 3.96. The fourth-order valence-corrected chi connectivity index (χ4v) is 3.14. The molecule has 0 saturated heterocycles. The molecular formula is C16H17BrClNO. The SMILES string of the molecule is CNC(c1ccc(Cl)c(OC)c1)c1ccc(C)cc1Br. The van der Waals surface area contributed by atoms with Gasteiger partial charge in [0.05, 0.1) is 18.2 Å². The average Bonchev–Trinajstić information content (AvgIpc) is 2.43. The Morgan fingerprint density at radius 1 is 1.20 bits per heavy atom. The number of hydrogen-bond donors (Lipinski definition) is 1. The van der Waals surface area contributed by atoms with E-state index in [1.807, 2.05) is 25.2 Å². The fourth-order valence-electron chi connectivity index (χ4n) is 2.22. The van der Waals surface area contributed by atoms with Gasteiger partial charge in [-0.2, -0.15) is 0 Å². The molecule has 4 heteroatoms. The molecule has 2 aromatic rings. The second-order valence-electron chi connectivity index (χ2n) is 4.64. The van der Waals surface area contributed by atoms with Crippen LogP contribution in [0.1, 0.15) is 22.7 Å². The van der Waals surface area contributed by atoms with Gasteiger partial charge in [-0.1, -0.05) is 45.7 Å². The first-order valence-electron chi connectivity index (χ1n) is 6.33. The van der Waals surface area contributed by atoms with Crippen molar-refractivity contribution in [2.75, 3.05) is 14.2 Å². The Hall–Kier alpha value is -1.03. The van der Waals surface area contributed by atoms with E-state index in [0.29, 0.717) is 10.8 Å². The molecule has 106 valence electrons. The number of nitrogens with one attached hydrogen (secondary N) is 1. The minimum Gasteiger partial charge on any atom is -0.495 e. The molecule has 0 spiro atoms. The maximum absolute atomic E-state index is 6.09. The minimum atomic E-state index is 0.0798. The van der Waals surface area contributed by atoms with Gasteiger partial charge in [0.25, 0.3) is 0 Å². The normalized spacial score (nSPS) is 12.2. The van der Waals surface area contributed by atoms with Crippen LogP contribution in [0.2, 0.25) is 5.02 Å². The summed E-state index contributed by atoms with van der Waals surface area (Å²) in [5.74, 6) is 0.688. The van der Waals surface area contributed by atoms with Gasteiger partial charge >= 0.3 is 0 Å². The lowest BCUT2D eigenvalue weighted by atomic mass is 9.98. The summed E-state index contributed by atoms with van der Waals surface area (Å²) in [4.78, 5) is 0. The van der Waals surface area contributed by atoms with E-state index in [4.69, 9.17) is 16.3 Å². The average molecular weight is 355 g/mol. The van der Waals surface area contributed by atoms with Gasteiger partial charge in [0.1, 0.15) is 5.75 Å². The van der Waals surface area contributed by atoms with Crippen LogP contribution in [0.4, 0.5) is 0 Å². The molecule has 1 atom stereocenters. The Morgan fingerprint density at radius 2 is 1.95 bits per heavy atom. The lowest BCUT2D eigenvalue weighted by molar-refractivity contribution is 0.414. The third-order valence-electron chi connectivity index (χ3n) is 3.26. The van der Waals surface area contributed by atoms with Crippen molar-refractivity contribution in [1.29, 1.82) is 0 Å². The predicted octanol–water partition coefficient (Wildman–Crippen LogP) is 4.73. The number of ether oxygens (including phenoxy) is 1. The molecule has 0 amide bonds. The summed E-state index contributed by atoms with van der Waals surface area (Å²) in [6.07, 6.45) is 0. The third-order valence-corrected chi connectivity index (χ3v) is 4.26. The smallest absolute Gasteiger partial charge is 0.137 e. The molecule has 2 nitrogen and oxygen atoms in total. The molecule has 0 aromatic heterocycles. The van der Waals surface area contributed by atoms with Gasteiger partial charge in [-0.15, -0.1) is 0 Å². The van der Waals surface area contributed by atoms with E-state index in [9.17, 15) is 0 Å². The van der Waals surface area contributed by atoms with E-state index in [1.165, 1.54) is 11.1 Å². The van der Waals surface area contributed by atoms with Gasteiger partial charge in [-0.05, 0) is 48.9 Å². The first kappa shape index (κ1) is 15.4. The van der Waals surface area contributed by atoms with E-state index >= 15 is 0 Å². The highest BCUT2D eigenvalue weighted by atomic mass is 79.9. The lowest BCUT2D eigenvalue weighted by Gasteiger charge is -2.20. The molecule has 0 radical (unpaired) electrons. The van der Waals surface area contributed by atoms with Crippen LogP contribution in [-0.2, 0) is 0 Å². The second kappa shape index (κ2) is 6.61. The van der Waals surface area contributed by atoms with Crippen molar-refractivity contribution in [2.24, 2.45) is 0 Å².